The zero-order valence-electron chi connectivity index (χ0n) is 12.1. The Morgan fingerprint density at radius 2 is 1.91 bits per heavy atom. The summed E-state index contributed by atoms with van der Waals surface area (Å²) in [6.07, 6.45) is 4.08. The van der Waals surface area contributed by atoms with E-state index in [9.17, 15) is 4.79 Å². The molecule has 1 aromatic heterocycles. The summed E-state index contributed by atoms with van der Waals surface area (Å²) in [5.41, 5.74) is 1.22. The van der Waals surface area contributed by atoms with Crippen LogP contribution in [0.1, 0.15) is 47.7 Å². The Morgan fingerprint density at radius 1 is 1.17 bits per heavy atom. The summed E-state index contributed by atoms with van der Waals surface area (Å²) in [7, 11) is 0. The van der Waals surface area contributed by atoms with Gasteiger partial charge >= 0.3 is 5.97 Å². The monoisotopic (exact) mass is 371 g/mol. The van der Waals surface area contributed by atoms with Crippen molar-refractivity contribution in [1.29, 1.82) is 0 Å². The van der Waals surface area contributed by atoms with Crippen LogP contribution in [0.3, 0.4) is 0 Å². The van der Waals surface area contributed by atoms with Gasteiger partial charge in [-0.3, -0.25) is 0 Å². The Balaban J connectivity index is 1.61. The van der Waals surface area contributed by atoms with Crippen molar-refractivity contribution in [3.8, 4) is 0 Å². The summed E-state index contributed by atoms with van der Waals surface area (Å²) in [6, 6.07) is 5.82. The summed E-state index contributed by atoms with van der Waals surface area (Å²) >= 11 is 13.6. The molecule has 1 aromatic carbocycles. The molecule has 8 heteroatoms. The average Bonchev–Trinajstić information content (AvgIpc) is 2.99. The number of nitrogens with one attached hydrogen (secondary N) is 1. The van der Waals surface area contributed by atoms with Gasteiger partial charge in [0.1, 0.15) is 0 Å². The molecule has 0 spiro atoms. The number of halogens is 2. The predicted molar refractivity (Wildman–Crippen MR) is 90.7 cm³/mol. The molecule has 1 fully saturated rings. The van der Waals surface area contributed by atoms with E-state index in [1.54, 1.807) is 0 Å². The summed E-state index contributed by atoms with van der Waals surface area (Å²) in [6.45, 7) is 0. The number of hydrogen-bond donors (Lipinski definition) is 2. The summed E-state index contributed by atoms with van der Waals surface area (Å²) in [4.78, 5) is 11.1. The third-order valence-corrected chi connectivity index (χ3v) is 6.14. The maximum Gasteiger partial charge on any atom is 0.359 e. The molecule has 1 aliphatic carbocycles. The highest BCUT2D eigenvalue weighted by atomic mass is 35.5. The summed E-state index contributed by atoms with van der Waals surface area (Å²) < 4.78 is 0. The van der Waals surface area contributed by atoms with Crippen molar-refractivity contribution < 1.29 is 9.90 Å². The minimum absolute atomic E-state index is 0.00149. The quantitative estimate of drug-likeness (QED) is 0.818. The lowest BCUT2D eigenvalue weighted by Gasteiger charge is -2.28. The largest absolute Gasteiger partial charge is 0.476 e. The maximum absolute atomic E-state index is 11.1. The fourth-order valence-electron chi connectivity index (χ4n) is 2.88. The number of benzene rings is 1. The lowest BCUT2D eigenvalue weighted by atomic mass is 9.84. The van der Waals surface area contributed by atoms with Crippen molar-refractivity contribution >= 4 is 40.9 Å². The fraction of sp³-hybridized carbons (Fsp3) is 0.400. The summed E-state index contributed by atoms with van der Waals surface area (Å²) in [5.74, 6) is -0.580. The van der Waals surface area contributed by atoms with Gasteiger partial charge in [0.2, 0.25) is 5.69 Å². The molecule has 0 unspecified atom stereocenters. The number of aromatic carboxylic acids is 1. The molecular weight excluding hydrogens is 357 g/mol. The van der Waals surface area contributed by atoms with Crippen LogP contribution in [0.25, 0.3) is 0 Å². The van der Waals surface area contributed by atoms with Crippen molar-refractivity contribution in [2.75, 3.05) is 0 Å². The van der Waals surface area contributed by atoms with Crippen LogP contribution in [0.4, 0.5) is 0 Å². The van der Waals surface area contributed by atoms with E-state index in [0.29, 0.717) is 26.2 Å². The fourth-order valence-corrected chi connectivity index (χ4v) is 4.35. The van der Waals surface area contributed by atoms with E-state index < -0.39 is 5.97 Å². The number of carbonyl (C=O) groups is 1. The highest BCUT2D eigenvalue weighted by Gasteiger charge is 2.26. The van der Waals surface area contributed by atoms with Crippen LogP contribution in [0, 0.1) is 0 Å². The van der Waals surface area contributed by atoms with Gasteiger partial charge in [-0.1, -0.05) is 41.0 Å². The second kappa shape index (κ2) is 7.11. The number of carboxylic acid groups (broad SMARTS) is 1. The Morgan fingerprint density at radius 3 is 2.57 bits per heavy atom. The minimum Gasteiger partial charge on any atom is -0.476 e. The predicted octanol–water partition coefficient (Wildman–Crippen LogP) is 4.63. The van der Waals surface area contributed by atoms with Crippen LogP contribution >= 0.6 is 35.0 Å². The number of aromatic nitrogens is 3. The normalized spacial score (nSPS) is 21.3. The molecular formula is C15H15Cl2N3O2S. The van der Waals surface area contributed by atoms with Gasteiger partial charge in [0.25, 0.3) is 0 Å². The highest BCUT2D eigenvalue weighted by Crippen LogP contribution is 2.41. The highest BCUT2D eigenvalue weighted by molar-refractivity contribution is 7.99. The lowest BCUT2D eigenvalue weighted by molar-refractivity contribution is 0.0686. The van der Waals surface area contributed by atoms with E-state index in [4.69, 9.17) is 28.3 Å². The van der Waals surface area contributed by atoms with E-state index in [1.165, 1.54) is 17.3 Å². The number of nitrogens with zero attached hydrogens (tertiary/aromatic N) is 2. The average molecular weight is 372 g/mol. The standard InChI is InChI=1S/C15H15Cl2N3O2S/c16-11-6-3-9(7-12(11)17)8-1-4-10(5-2-8)23-14-13(15(21)22)18-20-19-14/h3,6-8,10H,1-2,4-5H2,(H,21,22)(H,18,19,20). The first kappa shape index (κ1) is 16.6. The van der Waals surface area contributed by atoms with Crippen molar-refractivity contribution in [3.05, 3.63) is 39.5 Å². The van der Waals surface area contributed by atoms with Crippen LogP contribution in [0.5, 0.6) is 0 Å². The van der Waals surface area contributed by atoms with E-state index in [-0.39, 0.29) is 5.69 Å². The van der Waals surface area contributed by atoms with Crippen molar-refractivity contribution in [1.82, 2.24) is 15.4 Å². The van der Waals surface area contributed by atoms with Gasteiger partial charge in [0, 0.05) is 5.25 Å². The van der Waals surface area contributed by atoms with Gasteiger partial charge in [-0.2, -0.15) is 5.21 Å². The van der Waals surface area contributed by atoms with Gasteiger partial charge in [0.15, 0.2) is 5.03 Å². The van der Waals surface area contributed by atoms with Crippen LogP contribution in [0.15, 0.2) is 23.2 Å². The van der Waals surface area contributed by atoms with Gasteiger partial charge < -0.3 is 5.11 Å². The molecule has 1 saturated carbocycles. The van der Waals surface area contributed by atoms with Gasteiger partial charge in [-0.15, -0.1) is 10.2 Å². The third-order valence-electron chi connectivity index (χ3n) is 4.09. The maximum atomic E-state index is 11.1. The third kappa shape index (κ3) is 3.82. The molecule has 0 bridgehead atoms. The number of hydrogen-bond acceptors (Lipinski definition) is 4. The molecule has 3 rings (SSSR count). The molecule has 5 nitrogen and oxygen atoms in total. The Hall–Kier alpha value is -1.24. The second-order valence-corrected chi connectivity index (χ2v) is 7.65. The second-order valence-electron chi connectivity index (χ2n) is 5.55. The Kier molecular flexibility index (Phi) is 5.14. The molecule has 1 aliphatic rings. The molecule has 0 atom stereocenters. The molecule has 23 heavy (non-hydrogen) atoms. The number of aromatic amines is 1. The first-order chi connectivity index (χ1) is 11.0. The van der Waals surface area contributed by atoms with Crippen molar-refractivity contribution in [2.45, 2.75) is 41.9 Å². The van der Waals surface area contributed by atoms with Crippen LogP contribution in [-0.2, 0) is 0 Å². The van der Waals surface area contributed by atoms with Crippen LogP contribution < -0.4 is 0 Å². The smallest absolute Gasteiger partial charge is 0.359 e. The first-order valence-corrected chi connectivity index (χ1v) is 8.94. The molecule has 122 valence electrons. The number of thioether (sulfide) groups is 1. The Labute approximate surface area is 147 Å². The molecule has 2 N–H and O–H groups in total. The number of rotatable bonds is 4. The van der Waals surface area contributed by atoms with Crippen molar-refractivity contribution in [3.63, 3.8) is 0 Å². The lowest BCUT2D eigenvalue weighted by Crippen LogP contribution is -2.15. The molecule has 0 saturated heterocycles. The molecule has 0 amide bonds. The number of H-pyrrole nitrogens is 1. The molecule has 0 radical (unpaired) electrons. The van der Waals surface area contributed by atoms with Gasteiger partial charge in [-0.25, -0.2) is 4.79 Å². The van der Waals surface area contributed by atoms with Gasteiger partial charge in [-0.05, 0) is 49.3 Å². The van der Waals surface area contributed by atoms with E-state index in [2.05, 4.69) is 15.4 Å². The van der Waals surface area contributed by atoms with Crippen LogP contribution in [-0.4, -0.2) is 31.7 Å². The van der Waals surface area contributed by atoms with E-state index >= 15 is 0 Å². The topological polar surface area (TPSA) is 78.9 Å². The minimum atomic E-state index is -1.05. The Bertz CT molecular complexity index is 714. The zero-order chi connectivity index (χ0) is 16.4. The molecule has 2 aromatic rings. The molecule has 1 heterocycles. The summed E-state index contributed by atoms with van der Waals surface area (Å²) in [5, 5.41) is 21.1. The SMILES string of the molecule is O=C(O)c1n[nH]nc1SC1CCC(c2ccc(Cl)c(Cl)c2)CC1. The van der Waals surface area contributed by atoms with Gasteiger partial charge in [0.05, 0.1) is 10.0 Å². The van der Waals surface area contributed by atoms with Crippen molar-refractivity contribution in [2.24, 2.45) is 0 Å². The molecule has 0 aliphatic heterocycles. The zero-order valence-corrected chi connectivity index (χ0v) is 14.5. The number of carboxylic acids is 1. The van der Waals surface area contributed by atoms with E-state index in [0.717, 1.165) is 25.7 Å². The van der Waals surface area contributed by atoms with Crippen LogP contribution in [0.2, 0.25) is 10.0 Å². The first-order valence-electron chi connectivity index (χ1n) is 7.30. The van der Waals surface area contributed by atoms with E-state index in [1.807, 2.05) is 18.2 Å².